The molecule has 0 spiro atoms. The van der Waals surface area contributed by atoms with Crippen molar-refractivity contribution in [3.05, 3.63) is 24.0 Å². The van der Waals surface area contributed by atoms with Crippen molar-refractivity contribution >= 4 is 0 Å². The van der Waals surface area contributed by atoms with E-state index in [4.69, 9.17) is 5.11 Å². The van der Waals surface area contributed by atoms with Crippen molar-refractivity contribution in [3.8, 4) is 11.5 Å². The minimum atomic E-state index is -5.01. The summed E-state index contributed by atoms with van der Waals surface area (Å²) in [6.07, 6.45) is -5.01. The summed E-state index contributed by atoms with van der Waals surface area (Å²) in [4.78, 5) is 0. The van der Waals surface area contributed by atoms with E-state index in [1.807, 2.05) is 0 Å². The molecule has 1 N–H and O–H groups in total. The van der Waals surface area contributed by atoms with Crippen LogP contribution in [0.4, 0.5) is 17.6 Å². The average Bonchev–Trinajstić information content (AvgIpc) is 1.95. The van der Waals surface area contributed by atoms with Crippen molar-refractivity contribution in [3.63, 3.8) is 0 Å². The lowest BCUT2D eigenvalue weighted by molar-refractivity contribution is -0.276. The number of phenolic OH excluding ortho intramolecular Hbond substituents is 1. The van der Waals surface area contributed by atoms with E-state index in [2.05, 4.69) is 4.74 Å². The van der Waals surface area contributed by atoms with Crippen molar-refractivity contribution in [1.29, 1.82) is 0 Å². The largest absolute Gasteiger partial charge is 0.573 e. The lowest BCUT2D eigenvalue weighted by Crippen LogP contribution is -2.18. The number of hydrogen-bond donors (Lipinski definition) is 1. The standard InChI is InChI=1S/C7H4F4O2/c8-4-2-1-3-5(12)6(4)13-7(9,10)11/h1-3,12H. The maximum atomic E-state index is 12.6. The molecule has 0 saturated carbocycles. The van der Waals surface area contributed by atoms with E-state index >= 15 is 0 Å². The number of phenols is 1. The Balaban J connectivity index is 3.00. The summed E-state index contributed by atoms with van der Waals surface area (Å²) in [6.45, 7) is 0. The van der Waals surface area contributed by atoms with Gasteiger partial charge in [-0.2, -0.15) is 0 Å². The van der Waals surface area contributed by atoms with Gasteiger partial charge in [0.1, 0.15) is 0 Å². The molecule has 0 unspecified atom stereocenters. The monoisotopic (exact) mass is 196 g/mol. The number of aromatic hydroxyl groups is 1. The first-order valence-electron chi connectivity index (χ1n) is 3.13. The van der Waals surface area contributed by atoms with E-state index in [0.717, 1.165) is 18.2 Å². The maximum absolute atomic E-state index is 12.6. The third kappa shape index (κ3) is 2.50. The highest BCUT2D eigenvalue weighted by Crippen LogP contribution is 2.33. The average molecular weight is 196 g/mol. The first kappa shape index (κ1) is 9.63. The molecular formula is C7H4F4O2. The zero-order chi connectivity index (χ0) is 10.1. The Hall–Kier alpha value is -1.46. The minimum absolute atomic E-state index is 0.751. The Kier molecular flexibility index (Phi) is 2.31. The molecule has 0 atom stereocenters. The van der Waals surface area contributed by atoms with Crippen LogP contribution in [0.5, 0.6) is 11.5 Å². The van der Waals surface area contributed by atoms with E-state index < -0.39 is 23.7 Å². The smallest absolute Gasteiger partial charge is 0.504 e. The van der Waals surface area contributed by atoms with E-state index in [1.165, 1.54) is 0 Å². The van der Waals surface area contributed by atoms with Crippen LogP contribution in [-0.4, -0.2) is 11.5 Å². The molecule has 1 aromatic carbocycles. The molecule has 72 valence electrons. The van der Waals surface area contributed by atoms with Crippen LogP contribution in [0.1, 0.15) is 0 Å². The molecule has 6 heteroatoms. The fourth-order valence-corrected chi connectivity index (χ4v) is 0.714. The molecule has 0 aliphatic carbocycles. The summed E-state index contributed by atoms with van der Waals surface area (Å²) in [5.74, 6) is -3.37. The molecule has 13 heavy (non-hydrogen) atoms. The van der Waals surface area contributed by atoms with Crippen LogP contribution in [0.3, 0.4) is 0 Å². The van der Waals surface area contributed by atoms with Crippen LogP contribution in [0.15, 0.2) is 18.2 Å². The molecule has 0 aliphatic rings. The van der Waals surface area contributed by atoms with Gasteiger partial charge in [0.05, 0.1) is 0 Å². The van der Waals surface area contributed by atoms with Crippen molar-refractivity contribution in [2.45, 2.75) is 6.36 Å². The van der Waals surface area contributed by atoms with Gasteiger partial charge in [0.2, 0.25) is 5.75 Å². The Labute approximate surface area is 70.4 Å². The van der Waals surface area contributed by atoms with Gasteiger partial charge in [-0.15, -0.1) is 13.2 Å². The molecule has 0 aromatic heterocycles. The quantitative estimate of drug-likeness (QED) is 0.699. The molecule has 0 bridgehead atoms. The number of halogens is 4. The third-order valence-corrected chi connectivity index (χ3v) is 1.16. The van der Waals surface area contributed by atoms with Crippen molar-refractivity contribution in [2.24, 2.45) is 0 Å². The summed E-state index contributed by atoms with van der Waals surface area (Å²) in [5, 5.41) is 8.79. The number of rotatable bonds is 1. The van der Waals surface area contributed by atoms with Gasteiger partial charge in [-0.3, -0.25) is 0 Å². The molecule has 0 aliphatic heterocycles. The predicted molar refractivity (Wildman–Crippen MR) is 34.7 cm³/mol. The molecule has 0 amide bonds. The summed E-state index contributed by atoms with van der Waals surface area (Å²) >= 11 is 0. The Morgan fingerprint density at radius 1 is 1.23 bits per heavy atom. The Bertz CT molecular complexity index is 288. The lowest BCUT2D eigenvalue weighted by Gasteiger charge is -2.10. The van der Waals surface area contributed by atoms with E-state index in [1.54, 1.807) is 0 Å². The van der Waals surface area contributed by atoms with Gasteiger partial charge in [-0.25, -0.2) is 4.39 Å². The van der Waals surface area contributed by atoms with E-state index in [-0.39, 0.29) is 0 Å². The zero-order valence-electron chi connectivity index (χ0n) is 6.10. The van der Waals surface area contributed by atoms with Gasteiger partial charge in [-0.1, -0.05) is 6.07 Å². The fraction of sp³-hybridized carbons (Fsp3) is 0.143. The fourth-order valence-electron chi connectivity index (χ4n) is 0.714. The highest BCUT2D eigenvalue weighted by atomic mass is 19.4. The molecular weight excluding hydrogens is 192 g/mol. The van der Waals surface area contributed by atoms with Gasteiger partial charge in [0.15, 0.2) is 11.6 Å². The first-order valence-corrected chi connectivity index (χ1v) is 3.13. The second kappa shape index (κ2) is 3.12. The van der Waals surface area contributed by atoms with Gasteiger partial charge < -0.3 is 9.84 Å². The van der Waals surface area contributed by atoms with Crippen LogP contribution in [-0.2, 0) is 0 Å². The molecule has 0 radical (unpaired) electrons. The molecule has 2 nitrogen and oxygen atoms in total. The predicted octanol–water partition coefficient (Wildman–Crippen LogP) is 2.43. The van der Waals surface area contributed by atoms with Gasteiger partial charge in [0, 0.05) is 0 Å². The molecule has 0 heterocycles. The molecule has 0 saturated heterocycles. The third-order valence-electron chi connectivity index (χ3n) is 1.16. The Morgan fingerprint density at radius 2 is 1.85 bits per heavy atom. The van der Waals surface area contributed by atoms with Crippen molar-refractivity contribution in [1.82, 2.24) is 0 Å². The number of para-hydroxylation sites is 1. The number of alkyl halides is 3. The SMILES string of the molecule is Oc1cccc(F)c1OC(F)(F)F. The molecule has 0 fully saturated rings. The molecule has 1 rings (SSSR count). The summed E-state index contributed by atoms with van der Waals surface area (Å²) in [5.41, 5.74) is 0. The van der Waals surface area contributed by atoms with E-state index in [0.29, 0.717) is 0 Å². The van der Waals surface area contributed by atoms with Crippen molar-refractivity contribution < 1.29 is 27.4 Å². The topological polar surface area (TPSA) is 29.5 Å². The summed E-state index contributed by atoms with van der Waals surface area (Å²) < 4.78 is 50.6. The molecule has 1 aromatic rings. The second-order valence-electron chi connectivity index (χ2n) is 2.14. The summed E-state index contributed by atoms with van der Waals surface area (Å²) in [6, 6.07) is 2.71. The normalized spacial score (nSPS) is 11.4. The summed E-state index contributed by atoms with van der Waals surface area (Å²) in [7, 11) is 0. The van der Waals surface area contributed by atoms with E-state index in [9.17, 15) is 17.6 Å². The highest BCUT2D eigenvalue weighted by Gasteiger charge is 2.33. The van der Waals surface area contributed by atoms with Crippen LogP contribution >= 0.6 is 0 Å². The van der Waals surface area contributed by atoms with Crippen LogP contribution < -0.4 is 4.74 Å². The first-order chi connectivity index (χ1) is 5.90. The maximum Gasteiger partial charge on any atom is 0.573 e. The Morgan fingerprint density at radius 3 is 2.31 bits per heavy atom. The lowest BCUT2D eigenvalue weighted by atomic mass is 10.3. The van der Waals surface area contributed by atoms with Crippen LogP contribution in [0, 0.1) is 5.82 Å². The van der Waals surface area contributed by atoms with Gasteiger partial charge in [0.25, 0.3) is 0 Å². The number of benzene rings is 1. The number of hydrogen-bond acceptors (Lipinski definition) is 2. The van der Waals surface area contributed by atoms with Crippen LogP contribution in [0.2, 0.25) is 0 Å². The van der Waals surface area contributed by atoms with Gasteiger partial charge in [-0.05, 0) is 12.1 Å². The highest BCUT2D eigenvalue weighted by molar-refractivity contribution is 5.39. The van der Waals surface area contributed by atoms with Crippen molar-refractivity contribution in [2.75, 3.05) is 0 Å². The second-order valence-corrected chi connectivity index (χ2v) is 2.14. The number of ether oxygens (including phenoxy) is 1. The van der Waals surface area contributed by atoms with Crippen LogP contribution in [0.25, 0.3) is 0 Å². The van der Waals surface area contributed by atoms with Gasteiger partial charge >= 0.3 is 6.36 Å². The minimum Gasteiger partial charge on any atom is -0.504 e. The zero-order valence-corrected chi connectivity index (χ0v) is 6.10.